The number of carbonyl (C=O) groups excluding carboxylic acids is 4. The topological polar surface area (TPSA) is 200 Å². The predicted octanol–water partition coefficient (Wildman–Crippen LogP) is -2.22. The summed E-state index contributed by atoms with van der Waals surface area (Å²) >= 11 is 0. The van der Waals surface area contributed by atoms with E-state index in [1.165, 1.54) is 6.92 Å². The highest BCUT2D eigenvalue weighted by molar-refractivity contribution is 5.95. The van der Waals surface area contributed by atoms with Gasteiger partial charge in [0.25, 0.3) is 0 Å². The van der Waals surface area contributed by atoms with E-state index >= 15 is 0 Å². The predicted molar refractivity (Wildman–Crippen MR) is 120 cm³/mol. The second-order valence-corrected chi connectivity index (χ2v) is 8.20. The van der Waals surface area contributed by atoms with Crippen LogP contribution in [0.25, 0.3) is 0 Å². The number of carboxylic acid groups (broad SMARTS) is 1. The molecule has 1 fully saturated rings. The van der Waals surface area contributed by atoms with Gasteiger partial charge in [0.2, 0.25) is 23.6 Å². The van der Waals surface area contributed by atoms with E-state index in [0.29, 0.717) is 13.0 Å². The molecule has 1 saturated heterocycles. The summed E-state index contributed by atoms with van der Waals surface area (Å²) in [6, 6.07) is 4.25. The summed E-state index contributed by atoms with van der Waals surface area (Å²) in [6.07, 6.45) is -0.493. The maximum atomic E-state index is 13.1. The van der Waals surface area contributed by atoms with Crippen molar-refractivity contribution in [1.82, 2.24) is 21.3 Å². The van der Waals surface area contributed by atoms with Crippen molar-refractivity contribution in [2.75, 3.05) is 6.54 Å². The minimum absolute atomic E-state index is 0.124. The molecule has 0 bridgehead atoms. The number of benzene rings is 1. The van der Waals surface area contributed by atoms with Crippen molar-refractivity contribution in [2.45, 2.75) is 62.9 Å². The van der Waals surface area contributed by atoms with Gasteiger partial charge < -0.3 is 37.2 Å². The first kappa shape index (κ1) is 26.7. The summed E-state index contributed by atoms with van der Waals surface area (Å²) in [4.78, 5) is 60.8. The first-order chi connectivity index (χ1) is 16.1. The first-order valence-corrected chi connectivity index (χ1v) is 11.0. The number of amides is 4. The molecule has 1 aliphatic heterocycles. The summed E-state index contributed by atoms with van der Waals surface area (Å²) in [5.41, 5.74) is 5.77. The number of hydrogen-bond donors (Lipinski definition) is 7. The Balaban J connectivity index is 2.16. The number of aliphatic hydroxyl groups excluding tert-OH is 1. The third kappa shape index (κ3) is 8.12. The van der Waals surface area contributed by atoms with Crippen molar-refractivity contribution >= 4 is 29.6 Å². The molecule has 186 valence electrons. The highest BCUT2D eigenvalue weighted by atomic mass is 16.4. The fraction of sp³-hybridized carbons (Fsp3) is 0.500. The van der Waals surface area contributed by atoms with Crippen molar-refractivity contribution in [3.63, 3.8) is 0 Å². The molecule has 2 rings (SSSR count). The van der Waals surface area contributed by atoms with Gasteiger partial charge in [0, 0.05) is 6.42 Å². The monoisotopic (exact) mass is 477 g/mol. The summed E-state index contributed by atoms with van der Waals surface area (Å²) in [5.74, 6) is -4.56. The lowest BCUT2D eigenvalue weighted by molar-refractivity contribution is -0.144. The van der Waals surface area contributed by atoms with Gasteiger partial charge in [-0.05, 0) is 31.9 Å². The number of nitrogens with one attached hydrogen (secondary N) is 4. The lowest BCUT2D eigenvalue weighted by Gasteiger charge is -2.26. The number of aliphatic hydroxyl groups is 1. The number of aliphatic carboxylic acids is 1. The molecule has 5 atom stereocenters. The number of rotatable bonds is 12. The Morgan fingerprint density at radius 3 is 2.26 bits per heavy atom. The number of nitrogens with two attached hydrogens (primary N) is 1. The van der Waals surface area contributed by atoms with Crippen molar-refractivity contribution in [2.24, 2.45) is 5.73 Å². The highest BCUT2D eigenvalue weighted by Crippen LogP contribution is 2.09. The number of carbonyl (C=O) groups is 5. The van der Waals surface area contributed by atoms with E-state index in [1.54, 1.807) is 30.3 Å². The van der Waals surface area contributed by atoms with Crippen LogP contribution in [0.15, 0.2) is 30.3 Å². The lowest BCUT2D eigenvalue weighted by Crippen LogP contribution is -2.60. The third-order valence-electron chi connectivity index (χ3n) is 5.37. The van der Waals surface area contributed by atoms with Crippen LogP contribution in [0.1, 0.15) is 31.7 Å². The molecular weight excluding hydrogens is 446 g/mol. The van der Waals surface area contributed by atoms with Crippen LogP contribution in [0, 0.1) is 0 Å². The summed E-state index contributed by atoms with van der Waals surface area (Å²) in [5, 5.41) is 29.5. The van der Waals surface area contributed by atoms with Crippen LogP contribution in [0.4, 0.5) is 0 Å². The molecule has 0 aliphatic carbocycles. The molecule has 34 heavy (non-hydrogen) atoms. The molecule has 1 aromatic rings. The minimum Gasteiger partial charge on any atom is -0.480 e. The Hall–Kier alpha value is -3.51. The largest absolute Gasteiger partial charge is 0.480 e. The van der Waals surface area contributed by atoms with Gasteiger partial charge in [-0.1, -0.05) is 30.3 Å². The molecule has 4 amide bonds. The molecule has 0 aromatic heterocycles. The lowest BCUT2D eigenvalue weighted by atomic mass is 10.0. The quantitative estimate of drug-likeness (QED) is 0.175. The van der Waals surface area contributed by atoms with Crippen LogP contribution in [0.2, 0.25) is 0 Å². The third-order valence-corrected chi connectivity index (χ3v) is 5.37. The van der Waals surface area contributed by atoms with Gasteiger partial charge in [0.15, 0.2) is 0 Å². The second kappa shape index (κ2) is 12.7. The average molecular weight is 478 g/mol. The molecule has 0 spiro atoms. The standard InChI is InChI=1S/C22H31N5O7/c1-12(28)18(21(32)26-16(22(33)34)11-17(23)29)27-20(31)15(10-13-6-3-2-4-7-13)25-19(30)14-8-5-9-24-14/h2-4,6-7,12,14-16,18,24,28H,5,8-11H2,1H3,(H2,23,29)(H,25,30)(H,26,32)(H,27,31)(H,33,34). The van der Waals surface area contributed by atoms with Crippen LogP contribution >= 0.6 is 0 Å². The molecule has 12 nitrogen and oxygen atoms in total. The molecule has 5 unspecified atom stereocenters. The number of hydrogen-bond acceptors (Lipinski definition) is 7. The van der Waals surface area contributed by atoms with E-state index in [0.717, 1.165) is 12.0 Å². The van der Waals surface area contributed by atoms with Gasteiger partial charge >= 0.3 is 5.97 Å². The summed E-state index contributed by atoms with van der Waals surface area (Å²) < 4.78 is 0. The van der Waals surface area contributed by atoms with Crippen molar-refractivity contribution in [3.05, 3.63) is 35.9 Å². The van der Waals surface area contributed by atoms with Gasteiger partial charge in [-0.15, -0.1) is 0 Å². The Labute approximate surface area is 196 Å². The first-order valence-electron chi connectivity index (χ1n) is 11.0. The smallest absolute Gasteiger partial charge is 0.326 e. The Morgan fingerprint density at radius 1 is 1.06 bits per heavy atom. The highest BCUT2D eigenvalue weighted by Gasteiger charge is 2.33. The second-order valence-electron chi connectivity index (χ2n) is 8.20. The maximum absolute atomic E-state index is 13.1. The van der Waals surface area contributed by atoms with Crippen LogP contribution in [-0.2, 0) is 30.4 Å². The van der Waals surface area contributed by atoms with Crippen LogP contribution in [0.5, 0.6) is 0 Å². The van der Waals surface area contributed by atoms with Crippen LogP contribution in [0.3, 0.4) is 0 Å². The summed E-state index contributed by atoms with van der Waals surface area (Å²) in [7, 11) is 0. The van der Waals surface area contributed by atoms with Gasteiger partial charge in [-0.3, -0.25) is 19.2 Å². The fourth-order valence-electron chi connectivity index (χ4n) is 3.56. The van der Waals surface area contributed by atoms with Gasteiger partial charge in [-0.2, -0.15) is 0 Å². The van der Waals surface area contributed by atoms with E-state index in [9.17, 15) is 34.2 Å². The SMILES string of the molecule is CC(O)C(NC(=O)C(Cc1ccccc1)NC(=O)C1CCCN1)C(=O)NC(CC(N)=O)C(=O)O. The van der Waals surface area contributed by atoms with Gasteiger partial charge in [0.1, 0.15) is 18.1 Å². The molecular formula is C22H31N5O7. The Bertz CT molecular complexity index is 887. The van der Waals surface area contributed by atoms with E-state index in [2.05, 4.69) is 21.3 Å². The van der Waals surface area contributed by atoms with Crippen molar-refractivity contribution < 1.29 is 34.2 Å². The zero-order chi connectivity index (χ0) is 25.3. The maximum Gasteiger partial charge on any atom is 0.326 e. The van der Waals surface area contributed by atoms with Gasteiger partial charge in [0.05, 0.1) is 18.6 Å². The van der Waals surface area contributed by atoms with Crippen molar-refractivity contribution in [3.8, 4) is 0 Å². The van der Waals surface area contributed by atoms with E-state index in [-0.39, 0.29) is 12.3 Å². The molecule has 1 aromatic carbocycles. The van der Waals surface area contributed by atoms with E-state index in [4.69, 9.17) is 5.73 Å². The molecule has 8 N–H and O–H groups in total. The Morgan fingerprint density at radius 2 is 1.74 bits per heavy atom. The molecule has 1 aliphatic rings. The fourth-order valence-corrected chi connectivity index (χ4v) is 3.56. The Kier molecular flexibility index (Phi) is 9.95. The van der Waals surface area contributed by atoms with E-state index in [1.807, 2.05) is 0 Å². The van der Waals surface area contributed by atoms with Crippen LogP contribution < -0.4 is 27.0 Å². The molecule has 12 heteroatoms. The van der Waals surface area contributed by atoms with Crippen LogP contribution in [-0.4, -0.2) is 76.6 Å². The van der Waals surface area contributed by atoms with Gasteiger partial charge in [-0.25, -0.2) is 4.79 Å². The minimum atomic E-state index is -1.63. The van der Waals surface area contributed by atoms with Crippen molar-refractivity contribution in [1.29, 1.82) is 0 Å². The summed E-state index contributed by atoms with van der Waals surface area (Å²) in [6.45, 7) is 1.93. The average Bonchev–Trinajstić information content (AvgIpc) is 3.31. The zero-order valence-corrected chi connectivity index (χ0v) is 18.8. The normalized spacial score (nSPS) is 18.7. The van der Waals surface area contributed by atoms with E-state index < -0.39 is 60.4 Å². The number of primary amides is 1. The molecule has 0 saturated carbocycles. The molecule has 1 heterocycles. The molecule has 0 radical (unpaired) electrons. The number of carboxylic acids is 1. The zero-order valence-electron chi connectivity index (χ0n) is 18.8.